The van der Waals surface area contributed by atoms with Gasteiger partial charge in [0.15, 0.2) is 0 Å². The maximum atomic E-state index is 12.7. The fourth-order valence-electron chi connectivity index (χ4n) is 1.32. The summed E-state index contributed by atoms with van der Waals surface area (Å²) in [4.78, 5) is -0.769. The number of hydrogen-bond donors (Lipinski definition) is 2. The standard InChI is InChI=1S/C10H13F3N2O2S.ClH/c11-10(12,13)8-4-1-2-5-9(8)18(16,17)15-7-3-6-14;/h1-2,4-5,15H,3,6-7,14H2;1H. The van der Waals surface area contributed by atoms with E-state index in [1.165, 1.54) is 6.07 Å². The van der Waals surface area contributed by atoms with E-state index in [0.29, 0.717) is 6.42 Å². The first-order chi connectivity index (χ1) is 8.29. The highest BCUT2D eigenvalue weighted by Crippen LogP contribution is 2.33. The van der Waals surface area contributed by atoms with Crippen molar-refractivity contribution in [1.82, 2.24) is 4.72 Å². The number of alkyl halides is 3. The number of benzene rings is 1. The van der Waals surface area contributed by atoms with Crippen LogP contribution in [0.2, 0.25) is 0 Å². The van der Waals surface area contributed by atoms with Gasteiger partial charge in [0.25, 0.3) is 0 Å². The van der Waals surface area contributed by atoms with E-state index < -0.39 is 26.7 Å². The van der Waals surface area contributed by atoms with Crippen molar-refractivity contribution in [3.05, 3.63) is 29.8 Å². The lowest BCUT2D eigenvalue weighted by molar-refractivity contribution is -0.139. The van der Waals surface area contributed by atoms with Crippen molar-refractivity contribution in [2.24, 2.45) is 5.73 Å². The summed E-state index contributed by atoms with van der Waals surface area (Å²) in [6.07, 6.45) is -4.35. The molecule has 0 bridgehead atoms. The molecule has 3 N–H and O–H groups in total. The van der Waals surface area contributed by atoms with Gasteiger partial charge in [-0.1, -0.05) is 12.1 Å². The molecule has 0 atom stereocenters. The maximum Gasteiger partial charge on any atom is 0.417 e. The van der Waals surface area contributed by atoms with Crippen molar-refractivity contribution in [2.75, 3.05) is 13.1 Å². The second-order valence-corrected chi connectivity index (χ2v) is 5.27. The van der Waals surface area contributed by atoms with E-state index in [-0.39, 0.29) is 25.5 Å². The number of hydrogen-bond acceptors (Lipinski definition) is 3. The van der Waals surface area contributed by atoms with Gasteiger partial charge in [-0.15, -0.1) is 12.4 Å². The molecule has 0 unspecified atom stereocenters. The van der Waals surface area contributed by atoms with Gasteiger partial charge in [-0.25, -0.2) is 13.1 Å². The molecular formula is C10H14ClF3N2O2S. The van der Waals surface area contributed by atoms with Crippen LogP contribution in [0.5, 0.6) is 0 Å². The maximum absolute atomic E-state index is 12.7. The molecule has 0 fully saturated rings. The smallest absolute Gasteiger partial charge is 0.330 e. The number of nitrogens with two attached hydrogens (primary N) is 1. The van der Waals surface area contributed by atoms with Crippen LogP contribution in [-0.2, 0) is 16.2 Å². The zero-order valence-electron chi connectivity index (χ0n) is 9.77. The Kier molecular flexibility index (Phi) is 6.78. The third-order valence-electron chi connectivity index (χ3n) is 2.15. The van der Waals surface area contributed by atoms with Gasteiger partial charge in [-0.2, -0.15) is 13.2 Å². The average Bonchev–Trinajstić information content (AvgIpc) is 2.28. The van der Waals surface area contributed by atoms with Gasteiger partial charge in [0.2, 0.25) is 10.0 Å². The molecule has 0 saturated carbocycles. The lowest BCUT2D eigenvalue weighted by atomic mass is 10.2. The molecule has 1 aromatic carbocycles. The van der Waals surface area contributed by atoms with E-state index in [1.807, 2.05) is 0 Å². The highest BCUT2D eigenvalue weighted by molar-refractivity contribution is 7.89. The number of halogens is 4. The summed E-state index contributed by atoms with van der Waals surface area (Å²) in [6.45, 7) is 0.258. The van der Waals surface area contributed by atoms with Crippen molar-refractivity contribution in [3.8, 4) is 0 Å². The molecule has 0 aliphatic rings. The highest BCUT2D eigenvalue weighted by Gasteiger charge is 2.36. The Morgan fingerprint density at radius 2 is 1.79 bits per heavy atom. The van der Waals surface area contributed by atoms with Crippen LogP contribution >= 0.6 is 12.4 Å². The zero-order valence-corrected chi connectivity index (χ0v) is 11.4. The molecule has 19 heavy (non-hydrogen) atoms. The summed E-state index contributed by atoms with van der Waals surface area (Å²) >= 11 is 0. The van der Waals surface area contributed by atoms with Crippen molar-refractivity contribution >= 4 is 22.4 Å². The van der Waals surface area contributed by atoms with E-state index in [1.54, 1.807) is 0 Å². The van der Waals surface area contributed by atoms with Crippen LogP contribution in [0.3, 0.4) is 0 Å². The first kappa shape index (κ1) is 18.2. The summed E-state index contributed by atoms with van der Waals surface area (Å²) in [7, 11) is -4.17. The molecule has 0 heterocycles. The van der Waals surface area contributed by atoms with Gasteiger partial charge in [-0.3, -0.25) is 0 Å². The summed E-state index contributed by atoms with van der Waals surface area (Å²) in [6, 6.07) is 4.04. The molecule has 0 aromatic heterocycles. The Balaban J connectivity index is 0.00000324. The van der Waals surface area contributed by atoms with Crippen molar-refractivity contribution < 1.29 is 21.6 Å². The first-order valence-corrected chi connectivity index (χ1v) is 6.63. The summed E-state index contributed by atoms with van der Waals surface area (Å²) < 4.78 is 63.5. The van der Waals surface area contributed by atoms with Gasteiger partial charge in [0.05, 0.1) is 10.5 Å². The van der Waals surface area contributed by atoms with Crippen LogP contribution in [0.15, 0.2) is 29.2 Å². The van der Waals surface area contributed by atoms with Gasteiger partial charge in [0.1, 0.15) is 0 Å². The van der Waals surface area contributed by atoms with Crippen LogP contribution in [0.25, 0.3) is 0 Å². The molecule has 0 spiro atoms. The SMILES string of the molecule is Cl.NCCCNS(=O)(=O)c1ccccc1C(F)(F)F. The van der Waals surface area contributed by atoms with Crippen molar-refractivity contribution in [3.63, 3.8) is 0 Å². The van der Waals surface area contributed by atoms with Crippen LogP contribution in [0, 0.1) is 0 Å². The summed E-state index contributed by atoms with van der Waals surface area (Å²) in [5.41, 5.74) is 4.01. The monoisotopic (exact) mass is 318 g/mol. The molecule has 110 valence electrons. The van der Waals surface area contributed by atoms with Gasteiger partial charge in [-0.05, 0) is 25.1 Å². The molecule has 0 aliphatic heterocycles. The fourth-order valence-corrected chi connectivity index (χ4v) is 2.62. The topological polar surface area (TPSA) is 72.2 Å². The Hall–Kier alpha value is -0.830. The molecule has 0 amide bonds. The number of rotatable bonds is 5. The van der Waals surface area contributed by atoms with Crippen LogP contribution in [0.4, 0.5) is 13.2 Å². The molecule has 0 radical (unpaired) electrons. The molecule has 1 rings (SSSR count). The first-order valence-electron chi connectivity index (χ1n) is 5.15. The Morgan fingerprint density at radius 3 is 2.32 bits per heavy atom. The normalized spacial score (nSPS) is 12.0. The van der Waals surface area contributed by atoms with Gasteiger partial charge in [0, 0.05) is 6.54 Å². The lowest BCUT2D eigenvalue weighted by Crippen LogP contribution is -2.28. The minimum atomic E-state index is -4.71. The Labute approximate surface area is 115 Å². The predicted octanol–water partition coefficient (Wildman–Crippen LogP) is 1.75. The number of sulfonamides is 1. The molecular weight excluding hydrogens is 305 g/mol. The van der Waals surface area contributed by atoms with Crippen LogP contribution < -0.4 is 10.5 Å². The largest absolute Gasteiger partial charge is 0.417 e. The minimum absolute atomic E-state index is 0. The van der Waals surface area contributed by atoms with E-state index >= 15 is 0 Å². The zero-order chi connectivity index (χ0) is 13.8. The molecule has 4 nitrogen and oxygen atoms in total. The second-order valence-electron chi connectivity index (χ2n) is 3.53. The van der Waals surface area contributed by atoms with Gasteiger partial charge >= 0.3 is 6.18 Å². The third kappa shape index (κ3) is 4.98. The highest BCUT2D eigenvalue weighted by atomic mass is 35.5. The minimum Gasteiger partial charge on any atom is -0.330 e. The van der Waals surface area contributed by atoms with E-state index in [4.69, 9.17) is 5.73 Å². The van der Waals surface area contributed by atoms with Crippen molar-refractivity contribution in [2.45, 2.75) is 17.5 Å². The number of nitrogens with one attached hydrogen (secondary N) is 1. The van der Waals surface area contributed by atoms with Crippen LogP contribution in [0.1, 0.15) is 12.0 Å². The lowest BCUT2D eigenvalue weighted by Gasteiger charge is -2.13. The third-order valence-corrected chi connectivity index (χ3v) is 3.67. The fraction of sp³-hybridized carbons (Fsp3) is 0.400. The van der Waals surface area contributed by atoms with E-state index in [0.717, 1.165) is 18.2 Å². The average molecular weight is 319 g/mol. The molecule has 1 aromatic rings. The molecule has 0 aliphatic carbocycles. The van der Waals surface area contributed by atoms with E-state index in [9.17, 15) is 21.6 Å². The Bertz CT molecular complexity index is 506. The Morgan fingerprint density at radius 1 is 1.21 bits per heavy atom. The molecule has 0 saturated heterocycles. The quantitative estimate of drug-likeness (QED) is 0.813. The van der Waals surface area contributed by atoms with Gasteiger partial charge < -0.3 is 5.73 Å². The summed E-state index contributed by atoms with van der Waals surface area (Å²) in [5.74, 6) is 0. The summed E-state index contributed by atoms with van der Waals surface area (Å²) in [5, 5.41) is 0. The van der Waals surface area contributed by atoms with Crippen molar-refractivity contribution in [1.29, 1.82) is 0 Å². The van der Waals surface area contributed by atoms with Crippen LogP contribution in [-0.4, -0.2) is 21.5 Å². The van der Waals surface area contributed by atoms with E-state index in [2.05, 4.69) is 4.72 Å². The predicted molar refractivity (Wildman–Crippen MR) is 67.6 cm³/mol. The molecule has 9 heteroatoms. The second kappa shape index (κ2) is 7.09.